The summed E-state index contributed by atoms with van der Waals surface area (Å²) in [5.74, 6) is 2.22. The minimum Gasteiger partial charge on any atom is -0.480 e. The molecule has 7 aromatic rings. The maximum Gasteiger partial charge on any atom is 0.323 e. The number of ether oxygens (including phenoxy) is 4. The summed E-state index contributed by atoms with van der Waals surface area (Å²) >= 11 is 0. The summed E-state index contributed by atoms with van der Waals surface area (Å²) in [6.45, 7) is 4.08. The number of amides is 1. The van der Waals surface area contributed by atoms with Crippen LogP contribution in [0.15, 0.2) is 116 Å². The number of fused-ring (bicyclic) bond motifs is 3. The first-order chi connectivity index (χ1) is 29.6. The zero-order chi connectivity index (χ0) is 42.5. The average molecular weight is 829 g/mol. The number of pyridine rings is 2. The fourth-order valence-corrected chi connectivity index (χ4v) is 7.00. The molecule has 61 heavy (non-hydrogen) atoms. The third-order valence-electron chi connectivity index (χ3n) is 10.0. The maximum absolute atomic E-state index is 13.1. The molecular formula is C42H36N8O11. The van der Waals surface area contributed by atoms with E-state index >= 15 is 0 Å². The van der Waals surface area contributed by atoms with Gasteiger partial charge in [0.1, 0.15) is 37.0 Å². The molecule has 0 aliphatic carbocycles. The van der Waals surface area contributed by atoms with Gasteiger partial charge in [-0.25, -0.2) is 9.97 Å². The number of nitro groups is 2. The molecular weight excluding hydrogens is 793 g/mol. The minimum atomic E-state index is -0.939. The number of carboxylic acids is 1. The largest absolute Gasteiger partial charge is 0.480 e. The molecule has 2 aliphatic heterocycles. The van der Waals surface area contributed by atoms with Crippen molar-refractivity contribution in [3.05, 3.63) is 142 Å². The van der Waals surface area contributed by atoms with Crippen LogP contribution in [0.5, 0.6) is 34.8 Å². The maximum atomic E-state index is 13.1. The fraction of sp³-hybridized carbons (Fsp3) is 0.190. The van der Waals surface area contributed by atoms with Crippen molar-refractivity contribution in [3.63, 3.8) is 0 Å². The summed E-state index contributed by atoms with van der Waals surface area (Å²) < 4.78 is 25.9. The Balaban J connectivity index is 0.000000191. The molecule has 0 spiro atoms. The number of carbonyl (C=O) groups excluding carboxylic acids is 1. The van der Waals surface area contributed by atoms with Gasteiger partial charge in [-0.3, -0.25) is 34.7 Å². The molecule has 9 rings (SSSR count). The summed E-state index contributed by atoms with van der Waals surface area (Å²) in [4.78, 5) is 56.6. The molecule has 0 atom stereocenters. The van der Waals surface area contributed by atoms with Crippen molar-refractivity contribution in [3.8, 4) is 34.8 Å². The zero-order valence-electron chi connectivity index (χ0n) is 32.2. The van der Waals surface area contributed by atoms with Crippen LogP contribution in [0.2, 0.25) is 0 Å². The molecule has 1 amide bonds. The van der Waals surface area contributed by atoms with Gasteiger partial charge < -0.3 is 38.1 Å². The highest BCUT2D eigenvalue weighted by atomic mass is 16.7. The fourth-order valence-electron chi connectivity index (χ4n) is 7.00. The summed E-state index contributed by atoms with van der Waals surface area (Å²) in [7, 11) is 0. The first kappa shape index (κ1) is 39.8. The van der Waals surface area contributed by atoms with Gasteiger partial charge >= 0.3 is 5.97 Å². The number of nitrogens with zero attached hydrogens (tertiary/aromatic N) is 8. The molecule has 0 saturated carbocycles. The predicted octanol–water partition coefficient (Wildman–Crippen LogP) is 6.63. The van der Waals surface area contributed by atoms with Crippen LogP contribution in [0.4, 0.5) is 11.4 Å². The van der Waals surface area contributed by atoms with Gasteiger partial charge in [0.05, 0.1) is 20.9 Å². The lowest BCUT2D eigenvalue weighted by molar-refractivity contribution is -0.385. The second-order valence-corrected chi connectivity index (χ2v) is 13.9. The third kappa shape index (κ3) is 9.16. The van der Waals surface area contributed by atoms with E-state index in [1.165, 1.54) is 24.3 Å². The quantitative estimate of drug-likeness (QED) is 0.101. The Morgan fingerprint density at radius 3 is 1.77 bits per heavy atom. The Labute approximate surface area is 345 Å². The van der Waals surface area contributed by atoms with Crippen molar-refractivity contribution in [2.45, 2.75) is 19.6 Å². The van der Waals surface area contributed by atoms with Gasteiger partial charge in [-0.1, -0.05) is 18.2 Å². The molecule has 19 nitrogen and oxygen atoms in total. The van der Waals surface area contributed by atoms with E-state index in [1.54, 1.807) is 41.1 Å². The number of hydrogen-bond donors (Lipinski definition) is 1. The number of rotatable bonds is 12. The second kappa shape index (κ2) is 17.4. The standard InChI is InChI=1S/C27H25N5O6.C15H11N3O5/c33-27(30-12-10-29(11-13-30)16-19-4-6-24-25(14-19)37-18-36-24)17-31-9-8-21-22(31)2-1-3-23(21)38-26-7-5-20(15-28-26)32(34)35;19-15(20)9-17-7-6-11-12(17)2-1-3-13(11)23-14-5-4-10(8-16-14)18(21)22/h1-9,14-15H,10-13,16-18H2;1-8H,9H2,(H,19,20). The molecule has 1 fully saturated rings. The van der Waals surface area contributed by atoms with E-state index in [-0.39, 0.29) is 48.9 Å². The van der Waals surface area contributed by atoms with Crippen LogP contribution < -0.4 is 18.9 Å². The number of benzene rings is 3. The van der Waals surface area contributed by atoms with E-state index in [9.17, 15) is 29.8 Å². The van der Waals surface area contributed by atoms with Crippen molar-refractivity contribution < 1.29 is 43.5 Å². The lowest BCUT2D eigenvalue weighted by Gasteiger charge is -2.35. The number of carboxylic acid groups (broad SMARTS) is 1. The van der Waals surface area contributed by atoms with Crippen LogP contribution >= 0.6 is 0 Å². The molecule has 3 aromatic carbocycles. The molecule has 2 aliphatic rings. The molecule has 0 unspecified atom stereocenters. The molecule has 4 aromatic heterocycles. The summed E-state index contributed by atoms with van der Waals surface area (Å²) in [6.07, 6.45) is 5.81. The van der Waals surface area contributed by atoms with Crippen LogP contribution in [0.1, 0.15) is 5.56 Å². The van der Waals surface area contributed by atoms with E-state index in [0.29, 0.717) is 30.1 Å². The Bertz CT molecular complexity index is 2740. The monoisotopic (exact) mass is 828 g/mol. The SMILES string of the molecule is O=C(Cn1ccc2c(Oc3ccc([N+](=O)[O-])cn3)cccc21)N1CCN(Cc2ccc3c(c2)OCO3)CC1.O=C(O)Cn1ccc2c(Oc3ccc([N+](=O)[O-])cn3)cccc21. The number of piperazine rings is 1. The molecule has 0 bridgehead atoms. The molecule has 6 heterocycles. The van der Waals surface area contributed by atoms with Crippen LogP contribution in [0.3, 0.4) is 0 Å². The predicted molar refractivity (Wildman–Crippen MR) is 218 cm³/mol. The smallest absolute Gasteiger partial charge is 0.323 e. The highest BCUT2D eigenvalue weighted by Gasteiger charge is 2.23. The average Bonchev–Trinajstić information content (AvgIpc) is 4.01. The molecule has 1 N–H and O–H groups in total. The molecule has 310 valence electrons. The van der Waals surface area contributed by atoms with E-state index < -0.39 is 15.8 Å². The van der Waals surface area contributed by atoms with Gasteiger partial charge in [0.2, 0.25) is 24.5 Å². The third-order valence-corrected chi connectivity index (χ3v) is 10.0. The Kier molecular flexibility index (Phi) is 11.4. The molecule has 0 radical (unpaired) electrons. The first-order valence-electron chi connectivity index (χ1n) is 18.9. The van der Waals surface area contributed by atoms with E-state index in [4.69, 9.17) is 24.1 Å². The summed E-state index contributed by atoms with van der Waals surface area (Å²) in [6, 6.07) is 26.0. The lowest BCUT2D eigenvalue weighted by atomic mass is 10.1. The van der Waals surface area contributed by atoms with Crippen molar-refractivity contribution in [1.82, 2.24) is 28.9 Å². The highest BCUT2D eigenvalue weighted by Crippen LogP contribution is 2.34. The van der Waals surface area contributed by atoms with Gasteiger partial charge in [0.15, 0.2) is 11.5 Å². The minimum absolute atomic E-state index is 0.0635. The number of aromatic nitrogens is 4. The van der Waals surface area contributed by atoms with Gasteiger partial charge in [0.25, 0.3) is 11.4 Å². The van der Waals surface area contributed by atoms with E-state index in [2.05, 4.69) is 20.9 Å². The first-order valence-corrected chi connectivity index (χ1v) is 18.9. The van der Waals surface area contributed by atoms with Crippen LogP contribution in [0.25, 0.3) is 21.8 Å². The van der Waals surface area contributed by atoms with Crippen LogP contribution in [0, 0.1) is 20.2 Å². The van der Waals surface area contributed by atoms with Crippen LogP contribution in [-0.2, 0) is 29.2 Å². The van der Waals surface area contributed by atoms with Crippen molar-refractivity contribution in [2.75, 3.05) is 33.0 Å². The van der Waals surface area contributed by atoms with Gasteiger partial charge in [-0.2, -0.15) is 0 Å². The molecule has 19 heteroatoms. The summed E-state index contributed by atoms with van der Waals surface area (Å²) in [5, 5.41) is 31.9. The van der Waals surface area contributed by atoms with Gasteiger partial charge in [-0.15, -0.1) is 0 Å². The van der Waals surface area contributed by atoms with E-state index in [1.807, 2.05) is 46.0 Å². The Morgan fingerprint density at radius 2 is 1.25 bits per heavy atom. The van der Waals surface area contributed by atoms with Crippen molar-refractivity contribution >= 4 is 45.1 Å². The summed E-state index contributed by atoms with van der Waals surface area (Å²) in [5.41, 5.74) is 2.51. The normalized spacial score (nSPS) is 13.4. The van der Waals surface area contributed by atoms with Crippen LogP contribution in [-0.4, -0.2) is 88.7 Å². The Hall–Kier alpha value is -8.06. The Morgan fingerprint density at radius 1 is 0.689 bits per heavy atom. The highest BCUT2D eigenvalue weighted by molar-refractivity contribution is 5.89. The van der Waals surface area contributed by atoms with Gasteiger partial charge in [-0.05, 0) is 54.1 Å². The second-order valence-electron chi connectivity index (χ2n) is 13.9. The number of hydrogen-bond acceptors (Lipinski definition) is 13. The van der Waals surface area contributed by atoms with Crippen molar-refractivity contribution in [2.24, 2.45) is 0 Å². The number of aliphatic carboxylic acids is 1. The molecule has 1 saturated heterocycles. The number of carbonyl (C=O) groups is 2. The van der Waals surface area contributed by atoms with Crippen molar-refractivity contribution in [1.29, 1.82) is 0 Å². The van der Waals surface area contributed by atoms with E-state index in [0.717, 1.165) is 65.4 Å². The zero-order valence-corrected chi connectivity index (χ0v) is 32.2. The lowest BCUT2D eigenvalue weighted by Crippen LogP contribution is -2.49. The van der Waals surface area contributed by atoms with Gasteiger partial charge in [0, 0.05) is 80.2 Å². The topological polar surface area (TPSA) is 220 Å².